The second kappa shape index (κ2) is 5.69. The summed E-state index contributed by atoms with van der Waals surface area (Å²) in [5, 5.41) is 3.59. The van der Waals surface area contributed by atoms with E-state index in [1.54, 1.807) is 0 Å². The normalized spacial score (nSPS) is 20.7. The Bertz CT molecular complexity index is 805. The molecule has 0 aromatic heterocycles. The topological polar surface area (TPSA) is 29.1 Å². The highest BCUT2D eigenvalue weighted by Gasteiger charge is 2.25. The number of Topliss-reactive ketones (excluding diaryl/α,β-unsaturated/α-hetero) is 1. The molecule has 2 nitrogen and oxygen atoms in total. The minimum atomic E-state index is 0.295. The first kappa shape index (κ1) is 14.3. The zero-order valence-electron chi connectivity index (χ0n) is 13.5. The Morgan fingerprint density at radius 3 is 2.83 bits per heavy atom. The third-order valence-electron chi connectivity index (χ3n) is 4.78. The molecule has 0 bridgehead atoms. The summed E-state index contributed by atoms with van der Waals surface area (Å²) in [7, 11) is 0. The lowest BCUT2D eigenvalue weighted by molar-refractivity contribution is 0.0972. The molecule has 1 N–H and O–H groups in total. The first-order valence-electron chi connectivity index (χ1n) is 8.53. The number of hydrogen-bond acceptors (Lipinski definition) is 2. The predicted octanol–water partition coefficient (Wildman–Crippen LogP) is 4.79. The van der Waals surface area contributed by atoms with Gasteiger partial charge in [0.25, 0.3) is 0 Å². The van der Waals surface area contributed by atoms with E-state index in [2.05, 4.69) is 54.8 Å². The maximum atomic E-state index is 12.3. The van der Waals surface area contributed by atoms with Crippen molar-refractivity contribution in [2.45, 2.75) is 39.0 Å². The minimum Gasteiger partial charge on any atom is -0.355 e. The van der Waals surface area contributed by atoms with Crippen LogP contribution < -0.4 is 5.32 Å². The highest BCUT2D eigenvalue weighted by molar-refractivity contribution is 6.01. The molecule has 0 fully saturated rings. The Hall–Kier alpha value is -2.35. The molecular weight excluding hydrogens is 282 g/mol. The van der Waals surface area contributed by atoms with E-state index >= 15 is 0 Å². The quantitative estimate of drug-likeness (QED) is 0.808. The van der Waals surface area contributed by atoms with Crippen LogP contribution in [0.25, 0.3) is 11.3 Å². The molecule has 1 aliphatic heterocycles. The first-order valence-corrected chi connectivity index (χ1v) is 8.53. The van der Waals surface area contributed by atoms with Crippen molar-refractivity contribution in [3.05, 3.63) is 70.5 Å². The van der Waals surface area contributed by atoms with Crippen LogP contribution in [-0.2, 0) is 6.42 Å². The summed E-state index contributed by atoms with van der Waals surface area (Å²) in [6.45, 7) is 2.16. The van der Waals surface area contributed by atoms with Crippen molar-refractivity contribution in [2.75, 3.05) is 0 Å². The Labute approximate surface area is 137 Å². The van der Waals surface area contributed by atoms with Crippen LogP contribution in [0, 0.1) is 0 Å². The number of ketones is 1. The number of hydrogen-bond donors (Lipinski definition) is 1. The lowest BCUT2D eigenvalue weighted by Crippen LogP contribution is -2.21. The Balaban J connectivity index is 1.98. The third-order valence-corrected chi connectivity index (χ3v) is 4.78. The molecule has 4 rings (SSSR count). The summed E-state index contributed by atoms with van der Waals surface area (Å²) >= 11 is 0. The SMILES string of the molecule is CC/C=C1/NC2=C(C=CCC=C2)c2cc3c(cc21)CCCC3=O. The molecule has 23 heavy (non-hydrogen) atoms. The van der Waals surface area contributed by atoms with Crippen LogP contribution >= 0.6 is 0 Å². The van der Waals surface area contributed by atoms with Gasteiger partial charge in [0.1, 0.15) is 0 Å². The molecule has 1 aromatic rings. The highest BCUT2D eigenvalue weighted by Crippen LogP contribution is 2.37. The Morgan fingerprint density at radius 2 is 1.96 bits per heavy atom. The zero-order chi connectivity index (χ0) is 15.8. The molecule has 1 aromatic carbocycles. The van der Waals surface area contributed by atoms with Crippen molar-refractivity contribution < 1.29 is 4.79 Å². The van der Waals surface area contributed by atoms with E-state index in [-0.39, 0.29) is 0 Å². The third kappa shape index (κ3) is 2.39. The number of carbonyl (C=O) groups excluding carboxylic acids is 1. The second-order valence-corrected chi connectivity index (χ2v) is 6.35. The number of rotatable bonds is 1. The maximum Gasteiger partial charge on any atom is 0.163 e. The molecule has 0 saturated carbocycles. The maximum absolute atomic E-state index is 12.3. The van der Waals surface area contributed by atoms with Crippen LogP contribution in [0.5, 0.6) is 0 Å². The summed E-state index contributed by atoms with van der Waals surface area (Å²) < 4.78 is 0. The Morgan fingerprint density at radius 1 is 1.09 bits per heavy atom. The summed E-state index contributed by atoms with van der Waals surface area (Å²) in [6, 6.07) is 4.37. The van der Waals surface area contributed by atoms with Crippen molar-refractivity contribution >= 4 is 17.1 Å². The number of nitrogens with one attached hydrogen (secondary N) is 1. The van der Waals surface area contributed by atoms with Gasteiger partial charge in [-0.2, -0.15) is 0 Å². The van der Waals surface area contributed by atoms with Crippen LogP contribution in [0.4, 0.5) is 0 Å². The highest BCUT2D eigenvalue weighted by atomic mass is 16.1. The monoisotopic (exact) mass is 303 g/mol. The van der Waals surface area contributed by atoms with Crippen LogP contribution in [0.15, 0.2) is 48.2 Å². The minimum absolute atomic E-state index is 0.295. The molecule has 0 radical (unpaired) electrons. The molecule has 3 aliphatic rings. The van der Waals surface area contributed by atoms with Gasteiger partial charge in [-0.3, -0.25) is 4.79 Å². The molecule has 116 valence electrons. The van der Waals surface area contributed by atoms with Gasteiger partial charge in [-0.25, -0.2) is 0 Å². The summed E-state index contributed by atoms with van der Waals surface area (Å²) in [6.07, 6.45) is 15.5. The largest absolute Gasteiger partial charge is 0.355 e. The van der Waals surface area contributed by atoms with E-state index in [0.717, 1.165) is 36.9 Å². The van der Waals surface area contributed by atoms with Gasteiger partial charge in [-0.1, -0.05) is 31.2 Å². The average Bonchev–Trinajstić information content (AvgIpc) is 2.80. The van der Waals surface area contributed by atoms with Crippen LogP contribution in [0.2, 0.25) is 0 Å². The number of aryl methyl sites for hydroxylation is 1. The van der Waals surface area contributed by atoms with E-state index < -0.39 is 0 Å². The van der Waals surface area contributed by atoms with Crippen molar-refractivity contribution in [1.29, 1.82) is 0 Å². The van der Waals surface area contributed by atoms with Crippen molar-refractivity contribution in [1.82, 2.24) is 5.32 Å². The summed E-state index contributed by atoms with van der Waals surface area (Å²) in [5.74, 6) is 0.295. The first-order chi connectivity index (χ1) is 11.3. The van der Waals surface area contributed by atoms with Gasteiger partial charge in [0, 0.05) is 34.5 Å². The summed E-state index contributed by atoms with van der Waals surface area (Å²) in [4.78, 5) is 12.3. The molecule has 0 atom stereocenters. The van der Waals surface area contributed by atoms with Gasteiger partial charge in [-0.05, 0) is 55.0 Å². The van der Waals surface area contributed by atoms with E-state index in [1.807, 2.05) is 0 Å². The second-order valence-electron chi connectivity index (χ2n) is 6.35. The van der Waals surface area contributed by atoms with Crippen molar-refractivity contribution in [3.8, 4) is 0 Å². The van der Waals surface area contributed by atoms with Crippen molar-refractivity contribution in [2.24, 2.45) is 0 Å². The van der Waals surface area contributed by atoms with Crippen LogP contribution in [0.3, 0.4) is 0 Å². The van der Waals surface area contributed by atoms with Gasteiger partial charge in [0.15, 0.2) is 5.78 Å². The van der Waals surface area contributed by atoms with Gasteiger partial charge >= 0.3 is 0 Å². The lowest BCUT2D eigenvalue weighted by atomic mass is 9.83. The predicted molar refractivity (Wildman–Crippen MR) is 94.9 cm³/mol. The standard InChI is InChI=1S/C21H21NO/c1-2-7-19-18-12-14-8-6-11-21(23)16(14)13-17(18)15-9-4-3-5-10-20(15)22-19/h4-5,7,9-10,12-13,22H,2-3,6,8,11H2,1H3/b19-7+. The molecule has 0 amide bonds. The van der Waals surface area contributed by atoms with Gasteiger partial charge in [0.05, 0.1) is 0 Å². The summed E-state index contributed by atoms with van der Waals surface area (Å²) in [5.41, 5.74) is 8.07. The average molecular weight is 303 g/mol. The van der Waals surface area contributed by atoms with Crippen LogP contribution in [0.1, 0.15) is 59.7 Å². The van der Waals surface area contributed by atoms with Gasteiger partial charge in [-0.15, -0.1) is 0 Å². The van der Waals surface area contributed by atoms with Gasteiger partial charge in [0.2, 0.25) is 0 Å². The smallest absolute Gasteiger partial charge is 0.163 e. The van der Waals surface area contributed by atoms with Crippen molar-refractivity contribution in [3.63, 3.8) is 0 Å². The molecule has 0 saturated heterocycles. The van der Waals surface area contributed by atoms with Gasteiger partial charge < -0.3 is 5.32 Å². The number of fused-ring (bicyclic) bond motifs is 3. The molecule has 2 aliphatic carbocycles. The fourth-order valence-corrected chi connectivity index (χ4v) is 3.68. The Kier molecular flexibility index (Phi) is 3.53. The molecule has 2 heteroatoms. The molecule has 0 unspecified atom stereocenters. The van der Waals surface area contributed by atoms with E-state index in [4.69, 9.17) is 0 Å². The molecular formula is C21H21NO. The molecule has 0 spiro atoms. The number of carbonyl (C=O) groups is 1. The van der Waals surface area contributed by atoms with E-state index in [9.17, 15) is 4.79 Å². The lowest BCUT2D eigenvalue weighted by Gasteiger charge is -2.27. The number of benzene rings is 1. The fraction of sp³-hybridized carbons (Fsp3) is 0.286. The zero-order valence-corrected chi connectivity index (χ0v) is 13.5. The van der Waals surface area contributed by atoms with E-state index in [0.29, 0.717) is 12.2 Å². The number of allylic oxidation sites excluding steroid dienone is 6. The van der Waals surface area contributed by atoms with Crippen LogP contribution in [-0.4, -0.2) is 5.78 Å². The van der Waals surface area contributed by atoms with E-state index in [1.165, 1.54) is 28.0 Å². The fourth-order valence-electron chi connectivity index (χ4n) is 3.68. The molecule has 1 heterocycles.